The first-order valence-corrected chi connectivity index (χ1v) is 28.5. The molecule has 0 unspecified atom stereocenters. The Bertz CT molecular complexity index is 2490. The van der Waals surface area contributed by atoms with Crippen LogP contribution in [0.4, 0.5) is 0 Å². The molecule has 1 amide bonds. The molecule has 0 saturated carbocycles. The smallest absolute Gasteiger partial charge is 0.341 e. The largest absolute Gasteiger partial charge is 0.477 e. The van der Waals surface area contributed by atoms with E-state index >= 15 is 0 Å². The Balaban J connectivity index is 1.08. The van der Waals surface area contributed by atoms with Crippen LogP contribution in [0.1, 0.15) is 130 Å². The van der Waals surface area contributed by atoms with Crippen molar-refractivity contribution in [3.63, 3.8) is 0 Å². The number of ketones is 1. The zero-order valence-corrected chi connectivity index (χ0v) is 49.8. The number of nitrogens with zero attached hydrogens (tertiary/aromatic N) is 3. The summed E-state index contributed by atoms with van der Waals surface area (Å²) in [5, 5.41) is 38.0. The number of carboxylic acids is 1. The lowest BCUT2D eigenvalue weighted by Crippen LogP contribution is -2.60. The SMILES string of the molecule is CC[C@H]1OC(=O)[C@H](C)[C@@H](O[C@H]2C[C@@](C)(OC)[C@@H](OCCCNC(=O)CCOCCCc3ccc4c(c3)c(=O)c(C(=O)O)cn4N(C)C)[C@H](C)O2)[C@H](C)[C@H]2O[C@@H]3O[C@H](C)C[C@H](N(C)C)[C@H]3OO[C@]2(C)C[C@H](C)C(=O)[C@H](C)[C@@H](O)[C@]1(C)O. The van der Waals surface area contributed by atoms with Crippen molar-refractivity contribution in [1.82, 2.24) is 14.9 Å². The average molecular weight is 1130 g/mol. The van der Waals surface area contributed by atoms with E-state index in [4.69, 9.17) is 47.7 Å². The number of rotatable bonds is 19. The predicted molar refractivity (Wildman–Crippen MR) is 294 cm³/mol. The molecule has 22 heteroatoms. The van der Waals surface area contributed by atoms with Crippen LogP contribution >= 0.6 is 0 Å². The van der Waals surface area contributed by atoms with Gasteiger partial charge in [0.1, 0.15) is 34.8 Å². The zero-order valence-electron chi connectivity index (χ0n) is 49.8. The van der Waals surface area contributed by atoms with Crippen LogP contribution in [0, 0.1) is 23.7 Å². The first-order valence-electron chi connectivity index (χ1n) is 28.5. The van der Waals surface area contributed by atoms with Crippen LogP contribution in [0.3, 0.4) is 0 Å². The van der Waals surface area contributed by atoms with Gasteiger partial charge in [-0.15, -0.1) is 0 Å². The molecule has 452 valence electrons. The number of ether oxygens (including phenoxy) is 8. The molecule has 4 aliphatic rings. The molecule has 0 radical (unpaired) electrons. The van der Waals surface area contributed by atoms with E-state index in [0.717, 1.165) is 5.56 Å². The highest BCUT2D eigenvalue weighted by Gasteiger charge is 2.57. The number of pyridine rings is 1. The molecule has 4 fully saturated rings. The average Bonchev–Trinajstić information content (AvgIpc) is 3.57. The second-order valence-electron chi connectivity index (χ2n) is 23.8. The van der Waals surface area contributed by atoms with Crippen LogP contribution in [-0.2, 0) is 68.5 Å². The fourth-order valence-corrected chi connectivity index (χ4v) is 12.3. The van der Waals surface area contributed by atoms with Crippen molar-refractivity contribution in [3.05, 3.63) is 45.7 Å². The number of amides is 1. The number of cyclic esters (lactones) is 1. The molecule has 1 aromatic heterocycles. The van der Waals surface area contributed by atoms with Crippen LogP contribution in [0.2, 0.25) is 0 Å². The van der Waals surface area contributed by atoms with Crippen LogP contribution in [0.25, 0.3) is 10.9 Å². The van der Waals surface area contributed by atoms with Gasteiger partial charge in [-0.3, -0.25) is 23.9 Å². The standard InChI is InChI=1S/C58H92N4O18/c1-16-43-58(10,70)50(66)34(4)46(64)32(2)29-57(9)51(78-55-49(79-80-57)42(60(11)12)27-33(3)74-55)35(5)48(36(6)54(69)76-43)77-45-30-56(8,71-15)52(37(7)75-45)73-25-18-23-59-44(63)22-26-72-24-17-19-38-20-21-41-39(28-38)47(65)40(53(67)68)31-62(41)61(13)14/h20-21,28,31-37,42-43,45,48-52,55,66,70H,16-19,22-27,29-30H2,1-15H3,(H,59,63)(H,67,68)/t32-,33+,34-,35-,36+,37-,42-,43+,45-,48-,49+,50+,51+,52-,55-,56+,57+,58+/m0/s1. The lowest BCUT2D eigenvalue weighted by Gasteiger charge is -2.49. The summed E-state index contributed by atoms with van der Waals surface area (Å²) in [7, 11) is 9.00. The Kier molecular flexibility index (Phi) is 22.3. The first-order chi connectivity index (χ1) is 37.6. The highest BCUT2D eigenvalue weighted by atomic mass is 17.2. The Morgan fingerprint density at radius 3 is 2.29 bits per heavy atom. The van der Waals surface area contributed by atoms with Gasteiger partial charge in [0.2, 0.25) is 11.3 Å². The molecule has 1 aromatic carbocycles. The molecule has 2 aromatic rings. The third-order valence-corrected chi connectivity index (χ3v) is 17.0. The summed E-state index contributed by atoms with van der Waals surface area (Å²) in [5.74, 6) is -6.00. The number of aromatic carboxylic acids is 1. The number of esters is 1. The Labute approximate surface area is 471 Å². The number of hydrogen-bond donors (Lipinski definition) is 4. The summed E-state index contributed by atoms with van der Waals surface area (Å²) in [6.45, 7) is 18.7. The van der Waals surface area contributed by atoms with Crippen molar-refractivity contribution in [1.29, 1.82) is 0 Å². The zero-order chi connectivity index (χ0) is 59.2. The second-order valence-corrected chi connectivity index (χ2v) is 23.8. The van der Waals surface area contributed by atoms with E-state index in [-0.39, 0.29) is 68.3 Å². The van der Waals surface area contributed by atoms with Crippen LogP contribution < -0.4 is 15.8 Å². The van der Waals surface area contributed by atoms with E-state index in [9.17, 15) is 39.3 Å². The summed E-state index contributed by atoms with van der Waals surface area (Å²) >= 11 is 0. The van der Waals surface area contributed by atoms with Gasteiger partial charge in [-0.1, -0.05) is 33.8 Å². The number of methoxy groups -OCH3 is 1. The molecule has 4 saturated heterocycles. The number of hydrogen-bond acceptors (Lipinski definition) is 19. The van der Waals surface area contributed by atoms with Gasteiger partial charge in [-0.05, 0) is 112 Å². The Morgan fingerprint density at radius 1 is 0.925 bits per heavy atom. The number of carbonyl (C=O) groups is 4. The normalized spacial score (nSPS) is 36.5. The maximum atomic E-state index is 14.5. The summed E-state index contributed by atoms with van der Waals surface area (Å²) < 4.78 is 53.2. The quantitative estimate of drug-likeness (QED) is 0.0855. The van der Waals surface area contributed by atoms with Crippen molar-refractivity contribution < 1.29 is 82.2 Å². The van der Waals surface area contributed by atoms with Crippen molar-refractivity contribution in [2.75, 3.05) is 66.7 Å². The van der Waals surface area contributed by atoms with Gasteiger partial charge in [0.25, 0.3) is 0 Å². The molecule has 4 N–H and O–H groups in total. The molecule has 4 aliphatic heterocycles. The highest BCUT2D eigenvalue weighted by molar-refractivity contribution is 5.93. The number of carbonyl (C=O) groups excluding carboxylic acids is 3. The minimum Gasteiger partial charge on any atom is -0.477 e. The third kappa shape index (κ3) is 14.8. The van der Waals surface area contributed by atoms with Gasteiger partial charge >= 0.3 is 11.9 Å². The maximum Gasteiger partial charge on any atom is 0.341 e. The topological polar surface area (TPSA) is 262 Å². The minimum absolute atomic E-state index is 0.0708. The number of nitrogens with one attached hydrogen (secondary N) is 1. The Hall–Kier alpha value is -4.17. The molecule has 6 rings (SSSR count). The van der Waals surface area contributed by atoms with E-state index < -0.39 is 113 Å². The highest BCUT2D eigenvalue weighted by Crippen LogP contribution is 2.44. The van der Waals surface area contributed by atoms with Crippen molar-refractivity contribution in [2.45, 2.75) is 205 Å². The maximum absolute atomic E-state index is 14.5. The number of aliphatic hydroxyl groups is 2. The number of aryl methyl sites for hydroxylation is 1. The van der Waals surface area contributed by atoms with Crippen LogP contribution in [-0.4, -0.2) is 194 Å². The number of aromatic nitrogens is 1. The van der Waals surface area contributed by atoms with Crippen molar-refractivity contribution in [2.24, 2.45) is 23.7 Å². The number of Topliss-reactive ketones (excluding diaryl/α,β-unsaturated/α-hetero) is 1. The van der Waals surface area contributed by atoms with Gasteiger partial charge in [0, 0.05) is 89.2 Å². The number of fused-ring (bicyclic) bond motifs is 3. The van der Waals surface area contributed by atoms with Crippen molar-refractivity contribution in [3.8, 4) is 0 Å². The number of aliphatic hydroxyl groups excluding tert-OH is 1. The molecule has 18 atom stereocenters. The summed E-state index contributed by atoms with van der Waals surface area (Å²) in [6.07, 6.45) is -4.41. The van der Waals surface area contributed by atoms with E-state index in [0.29, 0.717) is 49.7 Å². The lowest BCUT2D eigenvalue weighted by atomic mass is 9.74. The van der Waals surface area contributed by atoms with E-state index in [1.54, 1.807) is 77.6 Å². The fourth-order valence-electron chi connectivity index (χ4n) is 12.3. The van der Waals surface area contributed by atoms with Gasteiger partial charge in [0.05, 0.1) is 54.2 Å². The van der Waals surface area contributed by atoms with E-state index in [1.807, 2.05) is 52.8 Å². The lowest BCUT2D eigenvalue weighted by molar-refractivity contribution is -0.400. The van der Waals surface area contributed by atoms with E-state index in [1.165, 1.54) is 13.1 Å². The predicted octanol–water partition coefficient (Wildman–Crippen LogP) is 4.54. The molecule has 0 bridgehead atoms. The first kappa shape index (κ1) is 65.0. The van der Waals surface area contributed by atoms with E-state index in [2.05, 4.69) is 5.32 Å². The van der Waals surface area contributed by atoms with Crippen molar-refractivity contribution >= 4 is 34.5 Å². The molecule has 0 spiro atoms. The van der Waals surface area contributed by atoms with Crippen LogP contribution in [0.5, 0.6) is 0 Å². The Morgan fingerprint density at radius 2 is 1.64 bits per heavy atom. The molecular formula is C58H92N4O18. The fraction of sp³-hybridized carbons (Fsp3) is 0.776. The molecule has 5 heterocycles. The second kappa shape index (κ2) is 27.5. The minimum atomic E-state index is -2.00. The van der Waals surface area contributed by atoms with Gasteiger partial charge in [0.15, 0.2) is 18.7 Å². The number of carboxylic acid groups (broad SMARTS) is 1. The summed E-state index contributed by atoms with van der Waals surface area (Å²) in [4.78, 5) is 81.1. The molecule has 0 aliphatic carbocycles. The van der Waals surface area contributed by atoms with Gasteiger partial charge < -0.3 is 68.4 Å². The van der Waals surface area contributed by atoms with Gasteiger partial charge in [-0.25, -0.2) is 14.6 Å². The number of likely N-dealkylation sites (N-methyl/N-ethyl adjacent to an activating group) is 1. The number of benzene rings is 1. The summed E-state index contributed by atoms with van der Waals surface area (Å²) in [5.41, 5.74) is -3.69. The third-order valence-electron chi connectivity index (χ3n) is 17.0. The monoisotopic (exact) mass is 1130 g/mol. The summed E-state index contributed by atoms with van der Waals surface area (Å²) in [6, 6.07) is 5.27. The molecular weight excluding hydrogens is 1040 g/mol. The van der Waals surface area contributed by atoms with Crippen LogP contribution in [0.15, 0.2) is 29.2 Å². The van der Waals surface area contributed by atoms with Gasteiger partial charge in [-0.2, -0.15) is 0 Å². The molecule has 80 heavy (non-hydrogen) atoms. The molecule has 22 nitrogen and oxygen atoms in total.